The molecule has 1 amide bonds. The van der Waals surface area contributed by atoms with E-state index < -0.39 is 23.8 Å². The van der Waals surface area contributed by atoms with Crippen LogP contribution in [-0.4, -0.2) is 40.4 Å². The third kappa shape index (κ3) is 4.89. The number of rotatable bonds is 6. The van der Waals surface area contributed by atoms with Gasteiger partial charge in [-0.15, -0.1) is 5.10 Å². The Kier molecular flexibility index (Phi) is 5.90. The van der Waals surface area contributed by atoms with Crippen LogP contribution < -0.4 is 5.32 Å². The molecule has 0 aliphatic carbocycles. The zero-order valence-corrected chi connectivity index (χ0v) is 17.7. The van der Waals surface area contributed by atoms with Crippen molar-refractivity contribution in [1.82, 2.24) is 39.8 Å². The molecular formula is C21H19F3N8O. The maximum absolute atomic E-state index is 13.0. The van der Waals surface area contributed by atoms with Crippen LogP contribution in [0.3, 0.4) is 0 Å². The number of benzene rings is 1. The number of aryl methyl sites for hydroxylation is 1. The Morgan fingerprint density at radius 2 is 1.79 bits per heavy atom. The number of hydrogen-bond acceptors (Lipinski definition) is 6. The first-order valence-electron chi connectivity index (χ1n) is 9.91. The van der Waals surface area contributed by atoms with Gasteiger partial charge in [-0.25, -0.2) is 15.0 Å². The number of carbonyl (C=O) groups is 1. The molecule has 1 N–H and O–H groups in total. The van der Waals surface area contributed by atoms with E-state index in [9.17, 15) is 18.0 Å². The molecule has 1 atom stereocenters. The topological polar surface area (TPSA) is 103 Å². The van der Waals surface area contributed by atoms with Crippen molar-refractivity contribution in [2.24, 2.45) is 7.05 Å². The first-order chi connectivity index (χ1) is 15.7. The number of nitrogens with zero attached hydrogens (tertiary/aromatic N) is 7. The Hall–Kier alpha value is -4.09. The lowest BCUT2D eigenvalue weighted by Crippen LogP contribution is -2.29. The van der Waals surface area contributed by atoms with Crippen LogP contribution in [-0.2, 0) is 19.6 Å². The third-order valence-electron chi connectivity index (χ3n) is 4.76. The lowest BCUT2D eigenvalue weighted by Gasteiger charge is -2.12. The van der Waals surface area contributed by atoms with E-state index in [-0.39, 0.29) is 11.6 Å². The number of carbonyl (C=O) groups excluding carboxylic acids is 1. The lowest BCUT2D eigenvalue weighted by molar-refractivity contribution is -0.143. The SMILES string of the molecule is CC(NC(=O)c1cc(C(F)(F)F)n(C)n1)c1nc(Cc2ccccc2)nn1-c1ncccn1. The minimum atomic E-state index is -4.62. The normalized spacial score (nSPS) is 12.5. The molecule has 33 heavy (non-hydrogen) atoms. The van der Waals surface area contributed by atoms with Crippen molar-refractivity contribution in [3.05, 3.63) is 83.5 Å². The van der Waals surface area contributed by atoms with Crippen molar-refractivity contribution >= 4 is 5.91 Å². The van der Waals surface area contributed by atoms with E-state index in [4.69, 9.17) is 0 Å². The standard InChI is InChI=1S/C21H19F3N8O/c1-13(27-19(33)15-12-16(21(22,23)24)31(2)29-15)18-28-17(11-14-7-4-3-5-8-14)30-32(18)20-25-9-6-10-26-20/h3-10,12-13H,11H2,1-2H3,(H,27,33). The minimum absolute atomic E-state index is 0.248. The van der Waals surface area contributed by atoms with Crippen LogP contribution in [0.25, 0.3) is 5.95 Å². The van der Waals surface area contributed by atoms with Gasteiger partial charge in [0.1, 0.15) is 5.69 Å². The highest BCUT2D eigenvalue weighted by molar-refractivity contribution is 5.92. The summed E-state index contributed by atoms with van der Waals surface area (Å²) in [6.45, 7) is 1.64. The van der Waals surface area contributed by atoms with Gasteiger partial charge in [0.25, 0.3) is 11.9 Å². The zero-order valence-electron chi connectivity index (χ0n) is 17.7. The van der Waals surface area contributed by atoms with Gasteiger partial charge < -0.3 is 5.32 Å². The maximum Gasteiger partial charge on any atom is 0.433 e. The number of alkyl halides is 3. The van der Waals surface area contributed by atoms with Crippen LogP contribution in [0.2, 0.25) is 0 Å². The van der Waals surface area contributed by atoms with E-state index in [1.807, 2.05) is 30.3 Å². The summed E-state index contributed by atoms with van der Waals surface area (Å²) in [6.07, 6.45) is -1.10. The smallest absolute Gasteiger partial charge is 0.341 e. The van der Waals surface area contributed by atoms with Crippen molar-refractivity contribution in [3.63, 3.8) is 0 Å². The zero-order chi connectivity index (χ0) is 23.6. The average molecular weight is 456 g/mol. The van der Waals surface area contributed by atoms with Crippen molar-refractivity contribution < 1.29 is 18.0 Å². The molecule has 0 aliphatic heterocycles. The molecule has 0 saturated heterocycles. The average Bonchev–Trinajstić information content (AvgIpc) is 3.39. The Bertz CT molecular complexity index is 1250. The molecule has 0 spiro atoms. The number of hydrogen-bond donors (Lipinski definition) is 1. The molecule has 3 heterocycles. The van der Waals surface area contributed by atoms with Gasteiger partial charge in [-0.3, -0.25) is 9.48 Å². The second kappa shape index (κ2) is 8.81. The van der Waals surface area contributed by atoms with Crippen LogP contribution in [0.5, 0.6) is 0 Å². The van der Waals surface area contributed by atoms with Gasteiger partial charge in [-0.1, -0.05) is 30.3 Å². The molecular weight excluding hydrogens is 437 g/mol. The fraction of sp³-hybridized carbons (Fsp3) is 0.238. The first kappa shape index (κ1) is 22.1. The number of halogens is 3. The van der Waals surface area contributed by atoms with E-state index in [1.165, 1.54) is 4.68 Å². The monoisotopic (exact) mass is 456 g/mol. The van der Waals surface area contributed by atoms with Crippen LogP contribution >= 0.6 is 0 Å². The summed E-state index contributed by atoms with van der Waals surface area (Å²) in [5, 5.41) is 10.8. The summed E-state index contributed by atoms with van der Waals surface area (Å²) in [7, 11) is 1.13. The fourth-order valence-electron chi connectivity index (χ4n) is 3.23. The molecule has 0 bridgehead atoms. The molecule has 170 valence electrons. The summed E-state index contributed by atoms with van der Waals surface area (Å²) < 4.78 is 41.2. The Morgan fingerprint density at radius 3 is 2.42 bits per heavy atom. The fourth-order valence-corrected chi connectivity index (χ4v) is 3.23. The van der Waals surface area contributed by atoms with Gasteiger partial charge in [0.05, 0.1) is 6.04 Å². The van der Waals surface area contributed by atoms with Gasteiger partial charge in [0.2, 0.25) is 0 Å². The second-order valence-corrected chi connectivity index (χ2v) is 7.24. The summed E-state index contributed by atoms with van der Waals surface area (Å²) in [5.41, 5.74) is -0.394. The molecule has 0 saturated carbocycles. The first-order valence-corrected chi connectivity index (χ1v) is 9.91. The van der Waals surface area contributed by atoms with Crippen LogP contribution in [0.4, 0.5) is 13.2 Å². The van der Waals surface area contributed by atoms with Crippen LogP contribution in [0.15, 0.2) is 54.9 Å². The highest BCUT2D eigenvalue weighted by Gasteiger charge is 2.36. The lowest BCUT2D eigenvalue weighted by atomic mass is 10.1. The van der Waals surface area contributed by atoms with Gasteiger partial charge in [-0.05, 0) is 18.6 Å². The van der Waals surface area contributed by atoms with Gasteiger partial charge in [0.15, 0.2) is 17.3 Å². The Balaban J connectivity index is 1.62. The quantitative estimate of drug-likeness (QED) is 0.479. The molecule has 4 rings (SSSR count). The van der Waals surface area contributed by atoms with E-state index in [0.717, 1.165) is 12.6 Å². The predicted octanol–water partition coefficient (Wildman–Crippen LogP) is 2.89. The van der Waals surface area contributed by atoms with E-state index in [2.05, 4.69) is 30.5 Å². The molecule has 0 aliphatic rings. The van der Waals surface area contributed by atoms with Crippen LogP contribution in [0.1, 0.15) is 46.4 Å². The van der Waals surface area contributed by atoms with Crippen LogP contribution in [0, 0.1) is 0 Å². The predicted molar refractivity (Wildman–Crippen MR) is 110 cm³/mol. The largest absolute Gasteiger partial charge is 0.433 e. The number of amides is 1. The molecule has 1 unspecified atom stereocenters. The van der Waals surface area contributed by atoms with E-state index in [0.29, 0.717) is 28.8 Å². The third-order valence-corrected chi connectivity index (χ3v) is 4.76. The Labute approximate surface area is 186 Å². The van der Waals surface area contributed by atoms with E-state index >= 15 is 0 Å². The van der Waals surface area contributed by atoms with Gasteiger partial charge in [0, 0.05) is 31.9 Å². The summed E-state index contributed by atoms with van der Waals surface area (Å²) in [6, 6.07) is 11.2. The Morgan fingerprint density at radius 1 is 1.09 bits per heavy atom. The second-order valence-electron chi connectivity index (χ2n) is 7.24. The molecule has 12 heteroatoms. The van der Waals surface area contributed by atoms with E-state index in [1.54, 1.807) is 25.4 Å². The van der Waals surface area contributed by atoms with Crippen molar-refractivity contribution in [2.75, 3.05) is 0 Å². The molecule has 9 nitrogen and oxygen atoms in total. The molecule has 3 aromatic heterocycles. The summed E-state index contributed by atoms with van der Waals surface area (Å²) in [5.74, 6) is 0.272. The summed E-state index contributed by atoms with van der Waals surface area (Å²) in [4.78, 5) is 25.5. The van der Waals surface area contributed by atoms with Crippen molar-refractivity contribution in [1.29, 1.82) is 0 Å². The number of aromatic nitrogens is 7. The molecule has 0 radical (unpaired) electrons. The highest BCUT2D eigenvalue weighted by Crippen LogP contribution is 2.29. The minimum Gasteiger partial charge on any atom is -0.341 e. The van der Waals surface area contributed by atoms with Crippen molar-refractivity contribution in [2.45, 2.75) is 25.6 Å². The van der Waals surface area contributed by atoms with Gasteiger partial charge >= 0.3 is 6.18 Å². The van der Waals surface area contributed by atoms with Gasteiger partial charge in [-0.2, -0.15) is 23.0 Å². The van der Waals surface area contributed by atoms with Crippen molar-refractivity contribution in [3.8, 4) is 5.95 Å². The summed E-state index contributed by atoms with van der Waals surface area (Å²) >= 11 is 0. The molecule has 0 fully saturated rings. The maximum atomic E-state index is 13.0. The number of nitrogens with one attached hydrogen (secondary N) is 1. The highest BCUT2D eigenvalue weighted by atomic mass is 19.4. The molecule has 4 aromatic rings. The molecule has 1 aromatic carbocycles.